The maximum Gasteiger partial charge on any atom is 0.130 e. The lowest BCUT2D eigenvalue weighted by Crippen LogP contribution is -2.15. The molecule has 0 radical (unpaired) electrons. The van der Waals surface area contributed by atoms with Crippen molar-refractivity contribution in [2.45, 2.75) is 31.7 Å². The minimum absolute atomic E-state index is 0.245. The van der Waals surface area contributed by atoms with Gasteiger partial charge in [0, 0.05) is 12.1 Å². The Hall–Kier alpha value is -0.960. The first-order valence-corrected chi connectivity index (χ1v) is 4.67. The summed E-state index contributed by atoms with van der Waals surface area (Å²) in [7, 11) is 0. The van der Waals surface area contributed by atoms with E-state index >= 15 is 0 Å². The molecule has 0 amide bonds. The first-order chi connectivity index (χ1) is 6.42. The van der Waals surface area contributed by atoms with Gasteiger partial charge in [-0.25, -0.2) is 8.78 Å². The van der Waals surface area contributed by atoms with Gasteiger partial charge in [0.25, 0.3) is 0 Å². The number of hydrogen-bond donors (Lipinski definition) is 1. The lowest BCUT2D eigenvalue weighted by molar-refractivity contribution is 0.460. The van der Waals surface area contributed by atoms with Crippen molar-refractivity contribution < 1.29 is 8.78 Å². The average molecular weight is 197 g/mol. The minimum atomic E-state index is -0.547. The standard InChI is InChI=1S/C11H13F2N/c1-11(2)5-9(14)7-3-6(12)4-8(13)10(7)11/h3-4,9H,5,14H2,1-2H3/t9-/m0/s1. The Morgan fingerprint density at radius 1 is 1.36 bits per heavy atom. The first kappa shape index (κ1) is 9.59. The van der Waals surface area contributed by atoms with Crippen molar-refractivity contribution in [3.05, 3.63) is 34.9 Å². The minimum Gasteiger partial charge on any atom is -0.324 e. The van der Waals surface area contributed by atoms with Crippen molar-refractivity contribution in [2.75, 3.05) is 0 Å². The molecular weight excluding hydrogens is 184 g/mol. The highest BCUT2D eigenvalue weighted by molar-refractivity contribution is 5.42. The Bertz CT molecular complexity index is 385. The maximum atomic E-state index is 13.5. The van der Waals surface area contributed by atoms with Gasteiger partial charge < -0.3 is 5.73 Å². The van der Waals surface area contributed by atoms with Crippen LogP contribution in [0.3, 0.4) is 0 Å². The summed E-state index contributed by atoms with van der Waals surface area (Å²) in [5.74, 6) is -1.02. The van der Waals surface area contributed by atoms with Gasteiger partial charge in [-0.2, -0.15) is 0 Å². The smallest absolute Gasteiger partial charge is 0.130 e. The summed E-state index contributed by atoms with van der Waals surface area (Å²) in [6, 6.07) is 2.03. The van der Waals surface area contributed by atoms with Crippen LogP contribution in [0.1, 0.15) is 37.4 Å². The fraction of sp³-hybridized carbons (Fsp3) is 0.455. The van der Waals surface area contributed by atoms with Crippen LogP contribution in [0.25, 0.3) is 0 Å². The lowest BCUT2D eigenvalue weighted by atomic mass is 9.86. The van der Waals surface area contributed by atoms with Crippen LogP contribution in [0.2, 0.25) is 0 Å². The number of halogens is 2. The van der Waals surface area contributed by atoms with Crippen LogP contribution in [0.15, 0.2) is 12.1 Å². The van der Waals surface area contributed by atoms with E-state index in [4.69, 9.17) is 5.73 Å². The molecule has 0 aromatic heterocycles. The molecule has 0 saturated carbocycles. The number of benzene rings is 1. The topological polar surface area (TPSA) is 26.0 Å². The molecule has 1 aromatic rings. The summed E-state index contributed by atoms with van der Waals surface area (Å²) in [6.45, 7) is 3.86. The van der Waals surface area contributed by atoms with Gasteiger partial charge in [0.15, 0.2) is 0 Å². The van der Waals surface area contributed by atoms with Gasteiger partial charge in [-0.15, -0.1) is 0 Å². The molecule has 3 heteroatoms. The SMILES string of the molecule is CC1(C)C[C@H](N)c2cc(F)cc(F)c21. The molecule has 76 valence electrons. The van der Waals surface area contributed by atoms with Crippen LogP contribution in [0.5, 0.6) is 0 Å². The highest BCUT2D eigenvalue weighted by Crippen LogP contribution is 2.44. The second-order valence-corrected chi connectivity index (χ2v) is 4.55. The van der Waals surface area contributed by atoms with E-state index < -0.39 is 11.6 Å². The highest BCUT2D eigenvalue weighted by Gasteiger charge is 2.37. The second-order valence-electron chi connectivity index (χ2n) is 4.55. The normalized spacial score (nSPS) is 23.6. The van der Waals surface area contributed by atoms with Crippen molar-refractivity contribution in [1.82, 2.24) is 0 Å². The highest BCUT2D eigenvalue weighted by atomic mass is 19.1. The zero-order valence-corrected chi connectivity index (χ0v) is 8.27. The van der Waals surface area contributed by atoms with Crippen molar-refractivity contribution in [3.8, 4) is 0 Å². The summed E-state index contributed by atoms with van der Waals surface area (Å²) in [5, 5.41) is 0. The largest absolute Gasteiger partial charge is 0.324 e. The van der Waals surface area contributed by atoms with Gasteiger partial charge in [-0.05, 0) is 29.0 Å². The molecule has 0 bridgehead atoms. The van der Waals surface area contributed by atoms with Gasteiger partial charge in [0.05, 0.1) is 0 Å². The van der Waals surface area contributed by atoms with Crippen LogP contribution in [0, 0.1) is 11.6 Å². The monoisotopic (exact) mass is 197 g/mol. The molecule has 0 saturated heterocycles. The zero-order chi connectivity index (χ0) is 10.5. The molecule has 0 unspecified atom stereocenters. The Labute approximate surface area is 81.9 Å². The van der Waals surface area contributed by atoms with Gasteiger partial charge in [0.1, 0.15) is 11.6 Å². The predicted octanol–water partition coefficient (Wildman–Crippen LogP) is 2.65. The van der Waals surface area contributed by atoms with Crippen LogP contribution >= 0.6 is 0 Å². The molecule has 1 atom stereocenters. The Kier molecular flexibility index (Phi) is 1.89. The van der Waals surface area contributed by atoms with Crippen molar-refractivity contribution in [2.24, 2.45) is 5.73 Å². The molecule has 2 rings (SSSR count). The van der Waals surface area contributed by atoms with Gasteiger partial charge in [0.2, 0.25) is 0 Å². The van der Waals surface area contributed by atoms with Crippen LogP contribution in [-0.2, 0) is 5.41 Å². The van der Waals surface area contributed by atoms with Gasteiger partial charge in [-0.3, -0.25) is 0 Å². The van der Waals surface area contributed by atoms with Gasteiger partial charge in [-0.1, -0.05) is 13.8 Å². The third-order valence-electron chi connectivity index (χ3n) is 2.89. The van der Waals surface area contributed by atoms with Crippen LogP contribution in [0.4, 0.5) is 8.78 Å². The molecule has 1 aromatic carbocycles. The van der Waals surface area contributed by atoms with Crippen molar-refractivity contribution >= 4 is 0 Å². The summed E-state index contributed by atoms with van der Waals surface area (Å²) in [4.78, 5) is 0. The van der Waals surface area contributed by atoms with Gasteiger partial charge >= 0.3 is 0 Å². The molecule has 0 fully saturated rings. The Morgan fingerprint density at radius 2 is 2.00 bits per heavy atom. The third-order valence-corrected chi connectivity index (χ3v) is 2.89. The maximum absolute atomic E-state index is 13.5. The fourth-order valence-electron chi connectivity index (χ4n) is 2.36. The van der Waals surface area contributed by atoms with E-state index in [2.05, 4.69) is 0 Å². The molecule has 0 spiro atoms. The second kappa shape index (κ2) is 2.76. The van der Waals surface area contributed by atoms with E-state index in [1.54, 1.807) is 0 Å². The molecule has 1 aliphatic rings. The predicted molar refractivity (Wildman–Crippen MR) is 50.9 cm³/mol. The van der Waals surface area contributed by atoms with E-state index in [9.17, 15) is 8.78 Å². The van der Waals surface area contributed by atoms with E-state index in [0.717, 1.165) is 6.07 Å². The Morgan fingerprint density at radius 3 is 2.64 bits per heavy atom. The molecule has 0 aliphatic heterocycles. The number of fused-ring (bicyclic) bond motifs is 1. The van der Waals surface area contributed by atoms with Crippen LogP contribution in [-0.4, -0.2) is 0 Å². The quantitative estimate of drug-likeness (QED) is 0.679. The molecule has 1 nitrogen and oxygen atoms in total. The van der Waals surface area contributed by atoms with E-state index in [-0.39, 0.29) is 11.5 Å². The Balaban J connectivity index is 2.69. The summed E-state index contributed by atoms with van der Waals surface area (Å²) < 4.78 is 26.5. The molecule has 0 heterocycles. The average Bonchev–Trinajstić information content (AvgIpc) is 2.21. The van der Waals surface area contributed by atoms with Crippen molar-refractivity contribution in [3.63, 3.8) is 0 Å². The number of rotatable bonds is 0. The third kappa shape index (κ3) is 1.23. The van der Waals surface area contributed by atoms with Crippen LogP contribution < -0.4 is 5.73 Å². The first-order valence-electron chi connectivity index (χ1n) is 4.67. The zero-order valence-electron chi connectivity index (χ0n) is 8.27. The molecular formula is C11H13F2N. The molecule has 1 aliphatic carbocycles. The molecule has 14 heavy (non-hydrogen) atoms. The number of hydrogen-bond acceptors (Lipinski definition) is 1. The van der Waals surface area contributed by atoms with Crippen molar-refractivity contribution in [1.29, 1.82) is 0 Å². The van der Waals surface area contributed by atoms with E-state index in [1.807, 2.05) is 13.8 Å². The lowest BCUT2D eigenvalue weighted by Gasteiger charge is -2.19. The fourth-order valence-corrected chi connectivity index (χ4v) is 2.36. The number of nitrogens with two attached hydrogens (primary N) is 1. The molecule has 2 N–H and O–H groups in total. The van der Waals surface area contributed by atoms with E-state index in [1.165, 1.54) is 6.07 Å². The summed E-state index contributed by atoms with van der Waals surface area (Å²) in [5.41, 5.74) is 6.73. The summed E-state index contributed by atoms with van der Waals surface area (Å²) >= 11 is 0. The van der Waals surface area contributed by atoms with E-state index in [0.29, 0.717) is 17.5 Å². The summed E-state index contributed by atoms with van der Waals surface area (Å²) in [6.07, 6.45) is 0.669.